The van der Waals surface area contributed by atoms with Crippen LogP contribution in [-0.2, 0) is 6.54 Å². The van der Waals surface area contributed by atoms with Crippen molar-refractivity contribution in [2.45, 2.75) is 57.9 Å². The molecule has 3 unspecified atom stereocenters. The van der Waals surface area contributed by atoms with Crippen molar-refractivity contribution in [3.8, 4) is 6.07 Å². The van der Waals surface area contributed by atoms with E-state index in [1.165, 1.54) is 51.4 Å². The molecule has 0 aromatic heterocycles. The maximum absolute atomic E-state index is 9.97. The Hall–Kier alpha value is -2.85. The number of rotatable bonds is 10. The van der Waals surface area contributed by atoms with E-state index in [0.717, 1.165) is 72.2 Å². The summed E-state index contributed by atoms with van der Waals surface area (Å²) in [6, 6.07) is 10.2. The highest BCUT2D eigenvalue weighted by molar-refractivity contribution is 6.31. The number of nitrogens with one attached hydrogen (secondary N) is 2. The standard InChI is InChI=1S/C36H46ClN5O/c37-33-10-3-1-8-29(33)24-39-34-11-4-2-7-28(23-38)35(41-34)40-25-36-20-27-18-30(21-36)32(31(19-27)22-36)9-5-6-26-12-14-42(15-13-26)16-17-43/h1-5,7-11,26-27,30-32,43H,6,12-22,24-25H2,(H2,39,40,41)/b9-5+/t27?,30-,31+,32?,36?. The van der Waals surface area contributed by atoms with Gasteiger partial charge in [-0.05, 0) is 123 Å². The van der Waals surface area contributed by atoms with Gasteiger partial charge >= 0.3 is 0 Å². The van der Waals surface area contributed by atoms with Crippen molar-refractivity contribution >= 4 is 17.4 Å². The van der Waals surface area contributed by atoms with Crippen LogP contribution < -0.4 is 10.6 Å². The van der Waals surface area contributed by atoms with Gasteiger partial charge in [0.2, 0.25) is 0 Å². The van der Waals surface area contributed by atoms with E-state index < -0.39 is 0 Å². The molecule has 7 rings (SSSR count). The number of amidine groups is 1. The third-order valence-electron chi connectivity index (χ3n) is 10.7. The number of benzene rings is 1. The number of aliphatic imine (C=N–C) groups is 1. The molecule has 1 saturated heterocycles. The van der Waals surface area contributed by atoms with Gasteiger partial charge in [0.1, 0.15) is 17.7 Å². The number of nitriles is 1. The van der Waals surface area contributed by atoms with Crippen LogP contribution in [0.3, 0.4) is 0 Å². The van der Waals surface area contributed by atoms with Crippen LogP contribution in [0.2, 0.25) is 5.02 Å². The van der Waals surface area contributed by atoms with E-state index in [1.54, 1.807) is 0 Å². The number of nitrogens with zero attached hydrogens (tertiary/aromatic N) is 3. The van der Waals surface area contributed by atoms with Gasteiger partial charge in [-0.2, -0.15) is 5.26 Å². The summed E-state index contributed by atoms with van der Waals surface area (Å²) in [5, 5.41) is 26.8. The minimum Gasteiger partial charge on any atom is -0.395 e. The molecule has 3 N–H and O–H groups in total. The Labute approximate surface area is 262 Å². The van der Waals surface area contributed by atoms with Gasteiger partial charge < -0.3 is 20.6 Å². The highest BCUT2D eigenvalue weighted by Crippen LogP contribution is 2.62. The zero-order valence-electron chi connectivity index (χ0n) is 25.2. The monoisotopic (exact) mass is 599 g/mol. The lowest BCUT2D eigenvalue weighted by Gasteiger charge is -2.59. The number of hydrogen-bond acceptors (Lipinski definition) is 5. The number of β-amino-alcohol motifs (C(OH)–C–C–N with tert-alkyl or cyclic N) is 1. The molecule has 4 bridgehead atoms. The summed E-state index contributed by atoms with van der Waals surface area (Å²) in [7, 11) is 0. The highest BCUT2D eigenvalue weighted by atomic mass is 35.5. The van der Waals surface area contributed by atoms with Gasteiger partial charge in [-0.15, -0.1) is 0 Å². The average molecular weight is 600 g/mol. The lowest BCUT2D eigenvalue weighted by Crippen LogP contribution is -2.51. The first kappa shape index (κ1) is 30.2. The fraction of sp³-hybridized carbons (Fsp3) is 0.556. The summed E-state index contributed by atoms with van der Waals surface area (Å²) < 4.78 is 0. The third-order valence-corrected chi connectivity index (χ3v) is 11.1. The predicted molar refractivity (Wildman–Crippen MR) is 174 cm³/mol. The smallest absolute Gasteiger partial charge is 0.144 e. The van der Waals surface area contributed by atoms with Crippen LogP contribution in [0.5, 0.6) is 0 Å². The van der Waals surface area contributed by atoms with E-state index in [1.807, 2.05) is 48.6 Å². The second-order valence-corrected chi connectivity index (χ2v) is 14.0. The Bertz CT molecular complexity index is 1320. The van der Waals surface area contributed by atoms with E-state index >= 15 is 0 Å². The number of halogens is 1. The zero-order valence-corrected chi connectivity index (χ0v) is 26.0. The molecule has 6 aliphatic rings. The Morgan fingerprint density at radius 3 is 2.63 bits per heavy atom. The van der Waals surface area contributed by atoms with Crippen molar-refractivity contribution < 1.29 is 5.11 Å². The Balaban J connectivity index is 1.08. The van der Waals surface area contributed by atoms with Gasteiger partial charge in [0, 0.05) is 24.7 Å². The SMILES string of the molecule is N#C/C1=C/C=C/C=C(\NCc2ccccc2Cl)NC1=NCC12CC3C[C@H](C1)C(/C=C/CC1CCN(CCO)CC1)[C@@H](C3)C2. The summed E-state index contributed by atoms with van der Waals surface area (Å²) in [6.07, 6.45) is 23.0. The second-order valence-electron chi connectivity index (χ2n) is 13.6. The van der Waals surface area contributed by atoms with E-state index in [2.05, 4.69) is 33.8 Å². The second kappa shape index (κ2) is 13.8. The van der Waals surface area contributed by atoms with Gasteiger partial charge in [0.15, 0.2) is 0 Å². The first-order valence-corrected chi connectivity index (χ1v) is 16.7. The molecule has 228 valence electrons. The first-order valence-electron chi connectivity index (χ1n) is 16.3. The van der Waals surface area contributed by atoms with E-state index in [9.17, 15) is 10.4 Å². The largest absolute Gasteiger partial charge is 0.395 e. The molecule has 5 fully saturated rings. The summed E-state index contributed by atoms with van der Waals surface area (Å²) >= 11 is 6.38. The quantitative estimate of drug-likeness (QED) is 0.272. The zero-order chi connectivity index (χ0) is 29.6. The van der Waals surface area contributed by atoms with E-state index in [4.69, 9.17) is 16.6 Å². The molecule has 0 amide bonds. The van der Waals surface area contributed by atoms with Crippen LogP contribution in [0.15, 0.2) is 77.1 Å². The number of aliphatic hydroxyl groups excluding tert-OH is 1. The van der Waals surface area contributed by atoms with Crippen LogP contribution >= 0.6 is 11.6 Å². The molecule has 0 radical (unpaired) electrons. The van der Waals surface area contributed by atoms with Gasteiger partial charge in [-0.25, -0.2) is 0 Å². The fourth-order valence-electron chi connectivity index (χ4n) is 8.77. The lowest BCUT2D eigenvalue weighted by molar-refractivity contribution is -0.0746. The lowest BCUT2D eigenvalue weighted by atomic mass is 9.46. The summed E-state index contributed by atoms with van der Waals surface area (Å²) in [5.41, 5.74) is 1.84. The molecular weight excluding hydrogens is 554 g/mol. The molecule has 5 atom stereocenters. The normalized spacial score (nSPS) is 35.0. The number of likely N-dealkylation sites (tertiary alicyclic amines) is 1. The Morgan fingerprint density at radius 1 is 1.12 bits per heavy atom. The third kappa shape index (κ3) is 7.28. The minimum absolute atomic E-state index is 0.253. The van der Waals surface area contributed by atoms with Crippen molar-refractivity contribution in [2.75, 3.05) is 32.8 Å². The first-order chi connectivity index (χ1) is 21.0. The average Bonchev–Trinajstić information content (AvgIpc) is 2.99. The number of piperidine rings is 1. The Kier molecular flexibility index (Phi) is 9.72. The maximum atomic E-state index is 9.97. The molecule has 0 spiro atoms. The number of aliphatic hydroxyl groups is 1. The van der Waals surface area contributed by atoms with E-state index in [0.29, 0.717) is 18.0 Å². The molecule has 43 heavy (non-hydrogen) atoms. The molecule has 7 heteroatoms. The van der Waals surface area contributed by atoms with Crippen LogP contribution in [0.25, 0.3) is 0 Å². The number of allylic oxidation sites excluding steroid dienone is 6. The van der Waals surface area contributed by atoms with Crippen LogP contribution in [0.4, 0.5) is 0 Å². The van der Waals surface area contributed by atoms with Crippen molar-refractivity contribution in [2.24, 2.45) is 40.0 Å². The maximum Gasteiger partial charge on any atom is 0.144 e. The summed E-state index contributed by atoms with van der Waals surface area (Å²) in [4.78, 5) is 7.55. The molecule has 2 aliphatic heterocycles. The van der Waals surface area contributed by atoms with Gasteiger partial charge in [-0.1, -0.05) is 54.1 Å². The van der Waals surface area contributed by atoms with Crippen molar-refractivity contribution in [1.29, 1.82) is 5.26 Å². The van der Waals surface area contributed by atoms with Gasteiger partial charge in [-0.3, -0.25) is 4.99 Å². The minimum atomic E-state index is 0.253. The molecule has 6 nitrogen and oxygen atoms in total. The van der Waals surface area contributed by atoms with E-state index in [-0.39, 0.29) is 12.0 Å². The van der Waals surface area contributed by atoms with Crippen LogP contribution in [0.1, 0.15) is 56.9 Å². The molecule has 2 heterocycles. The predicted octanol–water partition coefficient (Wildman–Crippen LogP) is 6.37. The fourth-order valence-corrected chi connectivity index (χ4v) is 8.97. The van der Waals surface area contributed by atoms with Crippen molar-refractivity contribution in [3.63, 3.8) is 0 Å². The highest BCUT2D eigenvalue weighted by Gasteiger charge is 2.54. The van der Waals surface area contributed by atoms with Crippen molar-refractivity contribution in [1.82, 2.24) is 15.5 Å². The molecule has 4 aliphatic carbocycles. The molecule has 1 aromatic carbocycles. The molecule has 1 aromatic rings. The van der Waals surface area contributed by atoms with Crippen LogP contribution in [-0.4, -0.2) is 48.6 Å². The molecular formula is C36H46ClN5O. The van der Waals surface area contributed by atoms with Crippen LogP contribution in [0, 0.1) is 46.3 Å². The van der Waals surface area contributed by atoms with Gasteiger partial charge in [0.05, 0.1) is 12.2 Å². The Morgan fingerprint density at radius 2 is 1.88 bits per heavy atom. The van der Waals surface area contributed by atoms with Gasteiger partial charge in [0.25, 0.3) is 0 Å². The topological polar surface area (TPSA) is 83.7 Å². The van der Waals surface area contributed by atoms with Crippen molar-refractivity contribution in [3.05, 3.63) is 82.7 Å². The summed E-state index contributed by atoms with van der Waals surface area (Å²) in [6.45, 7) is 4.71. The number of hydrogen-bond donors (Lipinski definition) is 3. The molecule has 4 saturated carbocycles. The summed E-state index contributed by atoms with van der Waals surface area (Å²) in [5.74, 6) is 5.33.